The minimum Gasteiger partial charge on any atom is -0.399 e. The first kappa shape index (κ1) is 10.2. The van der Waals surface area contributed by atoms with Crippen LogP contribution in [-0.4, -0.2) is 5.71 Å². The van der Waals surface area contributed by atoms with E-state index in [4.69, 9.17) is 16.9 Å². The van der Waals surface area contributed by atoms with Crippen LogP contribution in [0.3, 0.4) is 0 Å². The highest BCUT2D eigenvalue weighted by Gasteiger charge is 2.06. The van der Waals surface area contributed by atoms with Crippen LogP contribution in [-0.2, 0) is 0 Å². The van der Waals surface area contributed by atoms with E-state index in [0.29, 0.717) is 17.1 Å². The normalized spacial score (nSPS) is 10.0. The van der Waals surface area contributed by atoms with Crippen molar-refractivity contribution in [3.63, 3.8) is 0 Å². The zero-order valence-corrected chi connectivity index (χ0v) is 8.77. The van der Waals surface area contributed by atoms with Crippen LogP contribution in [0.15, 0.2) is 48.5 Å². The molecule has 0 aliphatic rings. The molecule has 3 nitrogen and oxygen atoms in total. The number of hydrogen-bond acceptors (Lipinski definition) is 3. The summed E-state index contributed by atoms with van der Waals surface area (Å²) < 4.78 is 0. The Morgan fingerprint density at radius 3 is 2.12 bits per heavy atom. The average Bonchev–Trinajstić information content (AvgIpc) is 2.30. The van der Waals surface area contributed by atoms with Gasteiger partial charge >= 0.3 is 0 Å². The quantitative estimate of drug-likeness (QED) is 0.526. The van der Waals surface area contributed by atoms with Crippen LogP contribution in [0.4, 0.5) is 11.4 Å². The number of rotatable bonds is 2. The third-order valence-electron chi connectivity index (χ3n) is 2.43. The molecule has 0 saturated carbocycles. The van der Waals surface area contributed by atoms with Crippen LogP contribution < -0.4 is 11.5 Å². The van der Waals surface area contributed by atoms with E-state index in [9.17, 15) is 0 Å². The fourth-order valence-corrected chi connectivity index (χ4v) is 1.53. The van der Waals surface area contributed by atoms with Gasteiger partial charge in [-0.3, -0.25) is 5.41 Å². The molecule has 2 aromatic carbocycles. The second kappa shape index (κ2) is 4.06. The van der Waals surface area contributed by atoms with Crippen molar-refractivity contribution in [2.24, 2.45) is 0 Å². The first-order valence-corrected chi connectivity index (χ1v) is 4.98. The predicted octanol–water partition coefficient (Wildman–Crippen LogP) is 2.27. The molecule has 0 aromatic heterocycles. The fraction of sp³-hybridized carbons (Fsp3) is 0. The summed E-state index contributed by atoms with van der Waals surface area (Å²) in [7, 11) is 0. The Kier molecular flexibility index (Phi) is 2.60. The highest BCUT2D eigenvalue weighted by molar-refractivity contribution is 6.13. The Bertz CT molecular complexity index is 515. The summed E-state index contributed by atoms with van der Waals surface area (Å²) in [6.45, 7) is 0. The molecule has 0 unspecified atom stereocenters. The summed E-state index contributed by atoms with van der Waals surface area (Å²) in [4.78, 5) is 0. The smallest absolute Gasteiger partial charge is 0.0705 e. The van der Waals surface area contributed by atoms with Crippen molar-refractivity contribution in [3.05, 3.63) is 59.7 Å². The Morgan fingerprint density at radius 1 is 0.875 bits per heavy atom. The van der Waals surface area contributed by atoms with Gasteiger partial charge in [0.2, 0.25) is 0 Å². The fourth-order valence-electron chi connectivity index (χ4n) is 1.53. The summed E-state index contributed by atoms with van der Waals surface area (Å²) in [5.74, 6) is 0. The number of nitrogen functional groups attached to an aromatic ring is 2. The summed E-state index contributed by atoms with van der Waals surface area (Å²) in [6, 6.07) is 14.6. The van der Waals surface area contributed by atoms with Crippen LogP contribution >= 0.6 is 0 Å². The van der Waals surface area contributed by atoms with Crippen molar-refractivity contribution in [2.45, 2.75) is 0 Å². The number of para-hydroxylation sites is 1. The van der Waals surface area contributed by atoms with Gasteiger partial charge in [0.25, 0.3) is 0 Å². The van der Waals surface area contributed by atoms with Gasteiger partial charge in [0.05, 0.1) is 5.71 Å². The van der Waals surface area contributed by atoms with E-state index in [1.165, 1.54) is 0 Å². The topological polar surface area (TPSA) is 75.9 Å². The van der Waals surface area contributed by atoms with Gasteiger partial charge in [-0.15, -0.1) is 0 Å². The molecule has 80 valence electrons. The van der Waals surface area contributed by atoms with E-state index >= 15 is 0 Å². The number of nitrogens with two attached hydrogens (primary N) is 2. The minimum absolute atomic E-state index is 0.415. The van der Waals surface area contributed by atoms with E-state index in [1.54, 1.807) is 18.2 Å². The zero-order valence-electron chi connectivity index (χ0n) is 8.77. The first-order chi connectivity index (χ1) is 7.68. The maximum atomic E-state index is 8.06. The molecule has 0 heterocycles. The summed E-state index contributed by atoms with van der Waals surface area (Å²) >= 11 is 0. The number of nitrogens with one attached hydrogen (secondary N) is 1. The van der Waals surface area contributed by atoms with Crippen LogP contribution in [0.2, 0.25) is 0 Å². The maximum absolute atomic E-state index is 8.06. The minimum atomic E-state index is 0.415. The van der Waals surface area contributed by atoms with E-state index in [1.807, 2.05) is 30.3 Å². The molecular weight excluding hydrogens is 198 g/mol. The standard InChI is InChI=1S/C13H13N3/c14-10-7-5-9(6-8-10)13(16)11-3-1-2-4-12(11)15/h1-8,16H,14-15H2. The van der Waals surface area contributed by atoms with Crippen molar-refractivity contribution in [3.8, 4) is 0 Å². The molecule has 0 radical (unpaired) electrons. The maximum Gasteiger partial charge on any atom is 0.0705 e. The molecule has 5 N–H and O–H groups in total. The lowest BCUT2D eigenvalue weighted by molar-refractivity contribution is 1.46. The van der Waals surface area contributed by atoms with Gasteiger partial charge in [0.1, 0.15) is 0 Å². The molecule has 0 aliphatic carbocycles. The van der Waals surface area contributed by atoms with E-state index in [0.717, 1.165) is 11.1 Å². The second-order valence-corrected chi connectivity index (χ2v) is 3.58. The molecule has 2 aromatic rings. The van der Waals surface area contributed by atoms with Crippen LogP contribution in [0, 0.1) is 5.41 Å². The third kappa shape index (κ3) is 1.88. The monoisotopic (exact) mass is 211 g/mol. The van der Waals surface area contributed by atoms with Crippen LogP contribution in [0.1, 0.15) is 11.1 Å². The van der Waals surface area contributed by atoms with E-state index in [-0.39, 0.29) is 0 Å². The summed E-state index contributed by atoms with van der Waals surface area (Å²) in [5, 5.41) is 8.06. The van der Waals surface area contributed by atoms with E-state index in [2.05, 4.69) is 0 Å². The Labute approximate surface area is 94.2 Å². The van der Waals surface area contributed by atoms with Gasteiger partial charge in [-0.1, -0.05) is 30.3 Å². The lowest BCUT2D eigenvalue weighted by atomic mass is 10.0. The molecule has 0 fully saturated rings. The molecular formula is C13H13N3. The van der Waals surface area contributed by atoms with Crippen LogP contribution in [0.5, 0.6) is 0 Å². The van der Waals surface area contributed by atoms with Crippen molar-refractivity contribution in [1.82, 2.24) is 0 Å². The van der Waals surface area contributed by atoms with Gasteiger partial charge in [0, 0.05) is 22.5 Å². The largest absolute Gasteiger partial charge is 0.399 e. The lowest BCUT2D eigenvalue weighted by Gasteiger charge is -2.07. The van der Waals surface area contributed by atoms with Gasteiger partial charge < -0.3 is 11.5 Å². The molecule has 3 heteroatoms. The average molecular weight is 211 g/mol. The Hall–Kier alpha value is -2.29. The number of anilines is 2. The Morgan fingerprint density at radius 2 is 1.50 bits per heavy atom. The van der Waals surface area contributed by atoms with E-state index < -0.39 is 0 Å². The van der Waals surface area contributed by atoms with Crippen molar-refractivity contribution < 1.29 is 0 Å². The van der Waals surface area contributed by atoms with Gasteiger partial charge in [0.15, 0.2) is 0 Å². The highest BCUT2D eigenvalue weighted by atomic mass is 14.6. The molecule has 0 saturated heterocycles. The molecule has 0 bridgehead atoms. The molecule has 0 aliphatic heterocycles. The SMILES string of the molecule is N=C(c1ccc(N)cc1)c1ccccc1N. The second-order valence-electron chi connectivity index (χ2n) is 3.58. The lowest BCUT2D eigenvalue weighted by Crippen LogP contribution is -2.05. The molecule has 2 rings (SSSR count). The molecule has 16 heavy (non-hydrogen) atoms. The first-order valence-electron chi connectivity index (χ1n) is 4.98. The van der Waals surface area contributed by atoms with Crippen molar-refractivity contribution in [1.29, 1.82) is 5.41 Å². The highest BCUT2D eigenvalue weighted by Crippen LogP contribution is 2.16. The Balaban J connectivity index is 2.40. The molecule has 0 atom stereocenters. The number of benzene rings is 2. The van der Waals surface area contributed by atoms with Crippen molar-refractivity contribution >= 4 is 17.1 Å². The van der Waals surface area contributed by atoms with Gasteiger partial charge in [-0.05, 0) is 18.2 Å². The van der Waals surface area contributed by atoms with Crippen LogP contribution in [0.25, 0.3) is 0 Å². The van der Waals surface area contributed by atoms with Gasteiger partial charge in [-0.2, -0.15) is 0 Å². The molecule has 0 spiro atoms. The molecule has 0 amide bonds. The number of hydrogen-bond donors (Lipinski definition) is 3. The van der Waals surface area contributed by atoms with Crippen molar-refractivity contribution in [2.75, 3.05) is 11.5 Å². The zero-order chi connectivity index (χ0) is 11.5. The van der Waals surface area contributed by atoms with Gasteiger partial charge in [-0.25, -0.2) is 0 Å². The summed E-state index contributed by atoms with van der Waals surface area (Å²) in [5.41, 5.74) is 14.7. The summed E-state index contributed by atoms with van der Waals surface area (Å²) in [6.07, 6.45) is 0. The predicted molar refractivity (Wildman–Crippen MR) is 67.6 cm³/mol. The third-order valence-corrected chi connectivity index (χ3v) is 2.43.